The van der Waals surface area contributed by atoms with Crippen LogP contribution < -0.4 is 0 Å². The number of carbonyl (C=O) groups excluding carboxylic acids is 3. The van der Waals surface area contributed by atoms with Crippen molar-refractivity contribution in [3.05, 3.63) is 72.9 Å². The third-order valence-corrected chi connectivity index (χ3v) is 11.4. The normalized spacial score (nSPS) is 12.6. The monoisotopic (exact) mass is 893 g/mol. The Morgan fingerprint density at radius 3 is 0.969 bits per heavy atom. The summed E-state index contributed by atoms with van der Waals surface area (Å²) < 4.78 is 16.8. The van der Waals surface area contributed by atoms with Gasteiger partial charge in [0.1, 0.15) is 13.2 Å². The molecular weight excluding hydrogens is 793 g/mol. The van der Waals surface area contributed by atoms with E-state index in [0.29, 0.717) is 19.3 Å². The molecule has 0 N–H and O–H groups in total. The highest BCUT2D eigenvalue weighted by atomic mass is 16.6. The number of rotatable bonds is 48. The van der Waals surface area contributed by atoms with Crippen molar-refractivity contribution in [3.63, 3.8) is 0 Å². The fraction of sp³-hybridized carbons (Fsp3) is 0.741. The van der Waals surface area contributed by atoms with Crippen LogP contribution in [0.4, 0.5) is 0 Å². The Kier molecular flexibility index (Phi) is 49.9. The van der Waals surface area contributed by atoms with Gasteiger partial charge in [0.15, 0.2) is 6.10 Å². The molecule has 0 radical (unpaired) electrons. The summed E-state index contributed by atoms with van der Waals surface area (Å²) in [5.74, 6) is -0.915. The summed E-state index contributed by atoms with van der Waals surface area (Å²) in [6.45, 7) is 6.48. The highest BCUT2D eigenvalue weighted by Crippen LogP contribution is 2.15. The molecule has 0 saturated carbocycles. The summed E-state index contributed by atoms with van der Waals surface area (Å²) >= 11 is 0. The van der Waals surface area contributed by atoms with E-state index < -0.39 is 6.10 Å². The van der Waals surface area contributed by atoms with Crippen LogP contribution in [0.15, 0.2) is 72.9 Å². The van der Waals surface area contributed by atoms with E-state index in [9.17, 15) is 14.4 Å². The van der Waals surface area contributed by atoms with Gasteiger partial charge in [-0.1, -0.05) is 222 Å². The second kappa shape index (κ2) is 52.5. The second-order valence-corrected chi connectivity index (χ2v) is 17.8. The molecule has 0 aliphatic heterocycles. The average Bonchev–Trinajstić information content (AvgIpc) is 3.29. The third-order valence-electron chi connectivity index (χ3n) is 11.4. The van der Waals surface area contributed by atoms with Crippen molar-refractivity contribution in [3.8, 4) is 0 Å². The van der Waals surface area contributed by atoms with Gasteiger partial charge in [0.2, 0.25) is 0 Å². The molecule has 0 heterocycles. The molecule has 0 fully saturated rings. The highest BCUT2D eigenvalue weighted by Gasteiger charge is 2.19. The zero-order valence-corrected chi connectivity index (χ0v) is 42.0. The number of hydrogen-bond donors (Lipinski definition) is 0. The van der Waals surface area contributed by atoms with E-state index in [2.05, 4.69) is 93.7 Å². The summed E-state index contributed by atoms with van der Waals surface area (Å²) in [6, 6.07) is 0. The molecular formula is C58H100O6. The van der Waals surface area contributed by atoms with Crippen LogP contribution in [-0.2, 0) is 28.6 Å². The molecule has 6 nitrogen and oxygen atoms in total. The number of unbranched alkanes of at least 4 members (excludes halogenated alkanes) is 25. The van der Waals surface area contributed by atoms with Crippen LogP contribution in [0.3, 0.4) is 0 Å². The molecule has 1 atom stereocenters. The first kappa shape index (κ1) is 60.9. The first-order valence-corrected chi connectivity index (χ1v) is 26.9. The average molecular weight is 893 g/mol. The van der Waals surface area contributed by atoms with Crippen LogP contribution in [0, 0.1) is 0 Å². The van der Waals surface area contributed by atoms with Crippen molar-refractivity contribution in [2.24, 2.45) is 0 Å². The minimum Gasteiger partial charge on any atom is -0.462 e. The van der Waals surface area contributed by atoms with Crippen molar-refractivity contribution in [1.29, 1.82) is 0 Å². The number of ether oxygens (including phenoxy) is 3. The Bertz CT molecular complexity index is 1210. The standard InChI is InChI=1S/C58H100O6/c1-4-7-10-13-16-19-22-24-26-28-30-31-33-36-39-42-45-48-51-57(60)63-54-55(53-62-56(59)50-47-44-41-38-35-21-18-15-12-9-6-3)64-58(61)52-49-46-43-40-37-34-32-29-27-25-23-20-17-14-11-8-5-2/h8,11,17,19-20,22,25-28,32,34,55H,4-7,9-10,12-16,18,21,23-24,29-31,33,35-54H2,1-3H3/b11-8-,20-17-,22-19-,27-25-,28-26-,34-32-. The summed E-state index contributed by atoms with van der Waals surface area (Å²) in [5, 5.41) is 0. The molecule has 0 aromatic carbocycles. The van der Waals surface area contributed by atoms with Crippen LogP contribution in [0.2, 0.25) is 0 Å². The smallest absolute Gasteiger partial charge is 0.306 e. The Balaban J connectivity index is 4.41. The molecule has 0 saturated heterocycles. The summed E-state index contributed by atoms with van der Waals surface area (Å²) in [7, 11) is 0. The summed E-state index contributed by atoms with van der Waals surface area (Å²) in [4.78, 5) is 38.0. The molecule has 0 spiro atoms. The van der Waals surface area contributed by atoms with Crippen molar-refractivity contribution >= 4 is 17.9 Å². The van der Waals surface area contributed by atoms with Gasteiger partial charge >= 0.3 is 17.9 Å². The van der Waals surface area contributed by atoms with E-state index in [0.717, 1.165) is 109 Å². The van der Waals surface area contributed by atoms with Crippen molar-refractivity contribution in [1.82, 2.24) is 0 Å². The molecule has 0 aliphatic rings. The largest absolute Gasteiger partial charge is 0.462 e. The predicted molar refractivity (Wildman–Crippen MR) is 274 cm³/mol. The predicted octanol–water partition coefficient (Wildman–Crippen LogP) is 17.8. The zero-order chi connectivity index (χ0) is 46.5. The van der Waals surface area contributed by atoms with Crippen LogP contribution in [0.25, 0.3) is 0 Å². The molecule has 0 aromatic heterocycles. The van der Waals surface area contributed by atoms with Gasteiger partial charge in [-0.3, -0.25) is 14.4 Å². The fourth-order valence-corrected chi connectivity index (χ4v) is 7.40. The number of hydrogen-bond acceptors (Lipinski definition) is 6. The van der Waals surface area contributed by atoms with E-state index in [1.165, 1.54) is 109 Å². The molecule has 0 aliphatic carbocycles. The molecule has 0 rings (SSSR count). The minimum atomic E-state index is -0.789. The van der Waals surface area contributed by atoms with Gasteiger partial charge in [0, 0.05) is 19.3 Å². The SMILES string of the molecule is CC/C=C\C/C=C\C/C=C\C/C=C\CCCCCCC(=O)OC(COC(=O)CCCCCCCCC/C=C\C/C=C\CCCCCC)COC(=O)CCCCCCCCCCCCC. The summed E-state index contributed by atoms with van der Waals surface area (Å²) in [6.07, 6.45) is 66.0. The quantitative estimate of drug-likeness (QED) is 0.0262. The van der Waals surface area contributed by atoms with Gasteiger partial charge in [-0.25, -0.2) is 0 Å². The lowest BCUT2D eigenvalue weighted by molar-refractivity contribution is -0.167. The molecule has 0 aromatic rings. The van der Waals surface area contributed by atoms with E-state index in [4.69, 9.17) is 14.2 Å². The lowest BCUT2D eigenvalue weighted by Gasteiger charge is -2.18. The number of carbonyl (C=O) groups is 3. The molecule has 6 heteroatoms. The maximum absolute atomic E-state index is 12.8. The van der Waals surface area contributed by atoms with Gasteiger partial charge in [-0.15, -0.1) is 0 Å². The number of allylic oxidation sites excluding steroid dienone is 12. The fourth-order valence-electron chi connectivity index (χ4n) is 7.40. The van der Waals surface area contributed by atoms with Crippen LogP contribution >= 0.6 is 0 Å². The summed E-state index contributed by atoms with van der Waals surface area (Å²) in [5.41, 5.74) is 0. The van der Waals surface area contributed by atoms with Crippen LogP contribution in [0.5, 0.6) is 0 Å². The third kappa shape index (κ3) is 49.9. The zero-order valence-electron chi connectivity index (χ0n) is 42.0. The second-order valence-electron chi connectivity index (χ2n) is 17.8. The number of esters is 3. The molecule has 1 unspecified atom stereocenters. The van der Waals surface area contributed by atoms with Gasteiger partial charge in [0.25, 0.3) is 0 Å². The van der Waals surface area contributed by atoms with Crippen molar-refractivity contribution in [2.75, 3.05) is 13.2 Å². The first-order chi connectivity index (χ1) is 31.5. The maximum atomic E-state index is 12.8. The van der Waals surface area contributed by atoms with E-state index in [1.54, 1.807) is 0 Å². The van der Waals surface area contributed by atoms with Crippen LogP contribution in [0.1, 0.15) is 258 Å². The topological polar surface area (TPSA) is 78.9 Å². The van der Waals surface area contributed by atoms with Gasteiger partial charge in [-0.05, 0) is 89.9 Å². The molecule has 0 bridgehead atoms. The minimum absolute atomic E-state index is 0.0865. The molecule has 64 heavy (non-hydrogen) atoms. The van der Waals surface area contributed by atoms with Crippen LogP contribution in [-0.4, -0.2) is 37.2 Å². The lowest BCUT2D eigenvalue weighted by atomic mass is 10.1. The Morgan fingerprint density at radius 2 is 0.609 bits per heavy atom. The van der Waals surface area contributed by atoms with E-state index >= 15 is 0 Å². The van der Waals surface area contributed by atoms with E-state index in [1.807, 2.05) is 0 Å². The Hall–Kier alpha value is -3.15. The van der Waals surface area contributed by atoms with E-state index in [-0.39, 0.29) is 31.1 Å². The highest BCUT2D eigenvalue weighted by molar-refractivity contribution is 5.71. The Morgan fingerprint density at radius 1 is 0.328 bits per heavy atom. The molecule has 368 valence electrons. The van der Waals surface area contributed by atoms with Gasteiger partial charge < -0.3 is 14.2 Å². The first-order valence-electron chi connectivity index (χ1n) is 26.9. The van der Waals surface area contributed by atoms with Crippen molar-refractivity contribution in [2.45, 2.75) is 264 Å². The maximum Gasteiger partial charge on any atom is 0.306 e. The van der Waals surface area contributed by atoms with Crippen molar-refractivity contribution < 1.29 is 28.6 Å². The van der Waals surface area contributed by atoms with Gasteiger partial charge in [-0.2, -0.15) is 0 Å². The lowest BCUT2D eigenvalue weighted by Crippen LogP contribution is -2.30. The van der Waals surface area contributed by atoms with Gasteiger partial charge in [0.05, 0.1) is 0 Å². The Labute approximate surface area is 395 Å². The molecule has 0 amide bonds.